The Balaban J connectivity index is 2.35. The Labute approximate surface area is 88.1 Å². The van der Waals surface area contributed by atoms with Crippen molar-refractivity contribution in [3.05, 3.63) is 12.3 Å². The molecule has 6 heteroatoms. The first kappa shape index (κ1) is 11.5. The lowest BCUT2D eigenvalue weighted by molar-refractivity contribution is -1.62. The van der Waals surface area contributed by atoms with Crippen molar-refractivity contribution in [3.63, 3.8) is 0 Å². The number of hydrogen-bond donors (Lipinski definition) is 0. The second-order valence-electron chi connectivity index (χ2n) is 2.89. The van der Waals surface area contributed by atoms with E-state index in [9.17, 15) is 8.40 Å². The molecule has 0 fully saturated rings. The van der Waals surface area contributed by atoms with Gasteiger partial charge in [-0.2, -0.15) is 0 Å². The number of unbranched alkanes of at least 4 members (excludes halogenated alkanes) is 2. The summed E-state index contributed by atoms with van der Waals surface area (Å²) in [7, 11) is 0. The summed E-state index contributed by atoms with van der Waals surface area (Å²) < 4.78 is 26.6. The van der Waals surface area contributed by atoms with Crippen molar-refractivity contribution in [3.8, 4) is 5.88 Å². The van der Waals surface area contributed by atoms with Crippen LogP contribution in [0.1, 0.15) is 26.2 Å². The minimum Gasteiger partial charge on any atom is -0.361 e. The van der Waals surface area contributed by atoms with Crippen LogP contribution >= 0.6 is 0 Å². The van der Waals surface area contributed by atoms with Gasteiger partial charge >= 0.3 is 20.7 Å². The SMILES string of the molecule is CCCCCn1ccc(O[Br+2]([O-])[O-])n1. The fraction of sp³-hybridized carbons (Fsp3) is 0.625. The third-order valence-electron chi connectivity index (χ3n) is 1.75. The van der Waals surface area contributed by atoms with Gasteiger partial charge in [-0.25, -0.2) is 0 Å². The highest BCUT2D eigenvalue weighted by Gasteiger charge is 2.15. The Bertz CT molecular complexity index is 265. The molecule has 0 aliphatic heterocycles. The zero-order valence-electron chi connectivity index (χ0n) is 7.98. The van der Waals surface area contributed by atoms with Gasteiger partial charge in [0, 0.05) is 18.8 Å². The van der Waals surface area contributed by atoms with Crippen LogP contribution in [0.3, 0.4) is 0 Å². The van der Waals surface area contributed by atoms with Crippen molar-refractivity contribution in [1.82, 2.24) is 9.78 Å². The summed E-state index contributed by atoms with van der Waals surface area (Å²) >= 11 is -3.19. The predicted octanol–water partition coefficient (Wildman–Crippen LogP) is -0.462. The van der Waals surface area contributed by atoms with E-state index in [1.54, 1.807) is 16.9 Å². The zero-order valence-corrected chi connectivity index (χ0v) is 9.57. The molecule has 80 valence electrons. The lowest BCUT2D eigenvalue weighted by Gasteiger charge is -1.98. The summed E-state index contributed by atoms with van der Waals surface area (Å²) in [4.78, 5) is 0. The molecule has 0 aliphatic carbocycles. The Morgan fingerprint density at radius 2 is 2.29 bits per heavy atom. The summed E-state index contributed by atoms with van der Waals surface area (Å²) in [6, 6.07) is 1.55. The van der Waals surface area contributed by atoms with Crippen molar-refractivity contribution in [1.29, 1.82) is 0 Å². The topological polar surface area (TPSA) is 73.2 Å². The maximum atomic E-state index is 10.2. The van der Waals surface area contributed by atoms with Gasteiger partial charge in [0.1, 0.15) is 0 Å². The molecule has 0 bridgehead atoms. The lowest BCUT2D eigenvalue weighted by Crippen LogP contribution is -2.37. The van der Waals surface area contributed by atoms with Crippen molar-refractivity contribution >= 4 is 0 Å². The molecule has 1 aromatic rings. The molecule has 0 amide bonds. The molecule has 0 unspecified atom stereocenters. The van der Waals surface area contributed by atoms with E-state index in [2.05, 4.69) is 15.9 Å². The minimum absolute atomic E-state index is 0.154. The van der Waals surface area contributed by atoms with E-state index in [0.29, 0.717) is 0 Å². The van der Waals surface area contributed by atoms with Crippen molar-refractivity contribution in [2.45, 2.75) is 32.7 Å². The third kappa shape index (κ3) is 4.08. The molecule has 1 heterocycles. The number of rotatable bonds is 6. The Morgan fingerprint density at radius 3 is 2.93 bits per heavy atom. The van der Waals surface area contributed by atoms with Gasteiger partial charge < -0.3 is 8.40 Å². The van der Waals surface area contributed by atoms with Gasteiger partial charge in [0.15, 0.2) is 0 Å². The van der Waals surface area contributed by atoms with E-state index in [0.717, 1.165) is 25.8 Å². The van der Waals surface area contributed by atoms with Crippen LogP contribution in [0.2, 0.25) is 0 Å². The average Bonchev–Trinajstić information content (AvgIpc) is 2.52. The molecule has 0 radical (unpaired) electrons. The van der Waals surface area contributed by atoms with Crippen LogP contribution in [0.5, 0.6) is 5.88 Å². The summed E-state index contributed by atoms with van der Waals surface area (Å²) in [6.07, 6.45) is 5.06. The highest BCUT2D eigenvalue weighted by atomic mass is 80.0. The molecular weight excluding hydrogens is 252 g/mol. The quantitative estimate of drug-likeness (QED) is 0.652. The molecule has 0 spiro atoms. The molecule has 5 nitrogen and oxygen atoms in total. The van der Waals surface area contributed by atoms with Crippen LogP contribution < -0.4 is 12.2 Å². The summed E-state index contributed by atoms with van der Waals surface area (Å²) in [5.74, 6) is 0.154. The Kier molecular flexibility index (Phi) is 4.92. The number of aryl methyl sites for hydroxylation is 1. The molecule has 0 aliphatic rings. The minimum atomic E-state index is -3.19. The molecule has 1 rings (SSSR count). The second-order valence-corrected chi connectivity index (χ2v) is 4.01. The van der Waals surface area contributed by atoms with Gasteiger partial charge in [-0.1, -0.05) is 19.8 Å². The van der Waals surface area contributed by atoms with Crippen LogP contribution in [0, 0.1) is 14.8 Å². The van der Waals surface area contributed by atoms with E-state index in [1.165, 1.54) is 0 Å². The second kappa shape index (κ2) is 6.00. The van der Waals surface area contributed by atoms with Crippen LogP contribution in [-0.2, 0) is 6.54 Å². The van der Waals surface area contributed by atoms with E-state index in [4.69, 9.17) is 0 Å². The first-order valence-electron chi connectivity index (χ1n) is 4.49. The standard InChI is InChI=1S/C8H13BrN2O3/c1-2-3-4-6-11-7-5-8(10-11)14-9(12)13/h5,7H,2-4,6H2,1H3. The fourth-order valence-electron chi connectivity index (χ4n) is 1.10. The van der Waals surface area contributed by atoms with Gasteiger partial charge in [-0.3, -0.25) is 4.68 Å². The monoisotopic (exact) mass is 264 g/mol. The lowest BCUT2D eigenvalue weighted by atomic mass is 10.2. The van der Waals surface area contributed by atoms with Gasteiger partial charge in [0.2, 0.25) is 0 Å². The molecule has 0 saturated carbocycles. The first-order valence-corrected chi connectivity index (χ1v) is 6.44. The van der Waals surface area contributed by atoms with E-state index in [1.807, 2.05) is 0 Å². The maximum absolute atomic E-state index is 10.2. The van der Waals surface area contributed by atoms with E-state index < -0.39 is 14.8 Å². The fourth-order valence-corrected chi connectivity index (χ4v) is 1.54. The van der Waals surface area contributed by atoms with Gasteiger partial charge in [-0.05, 0) is 6.42 Å². The van der Waals surface area contributed by atoms with Gasteiger partial charge in [0.25, 0.3) is 0 Å². The van der Waals surface area contributed by atoms with Gasteiger partial charge in [0.05, 0.1) is 0 Å². The van der Waals surface area contributed by atoms with E-state index in [-0.39, 0.29) is 5.88 Å². The normalized spacial score (nSPS) is 10.9. The van der Waals surface area contributed by atoms with Crippen molar-refractivity contribution in [2.24, 2.45) is 0 Å². The number of nitrogens with zero attached hydrogens (tertiary/aromatic N) is 2. The number of halogens is 1. The molecular formula is C8H13BrN2O3. The summed E-state index contributed by atoms with van der Waals surface area (Å²) in [5.41, 5.74) is 0. The van der Waals surface area contributed by atoms with Crippen LogP contribution in [-0.4, -0.2) is 9.78 Å². The van der Waals surface area contributed by atoms with Crippen LogP contribution in [0.15, 0.2) is 12.3 Å². The highest BCUT2D eigenvalue weighted by Crippen LogP contribution is 2.07. The smallest absolute Gasteiger partial charge is 0.361 e. The predicted molar refractivity (Wildman–Crippen MR) is 42.4 cm³/mol. The summed E-state index contributed by atoms with van der Waals surface area (Å²) in [5, 5.41) is 3.94. The van der Waals surface area contributed by atoms with Crippen LogP contribution in [0.4, 0.5) is 0 Å². The third-order valence-corrected chi connectivity index (χ3v) is 2.35. The first-order chi connectivity index (χ1) is 6.72. The maximum Gasteiger partial charge on any atom is 0.503 e. The molecule has 14 heavy (non-hydrogen) atoms. The van der Waals surface area contributed by atoms with Crippen LogP contribution in [0.25, 0.3) is 0 Å². The average molecular weight is 265 g/mol. The Hall–Kier alpha value is -0.590. The molecule has 0 N–H and O–H groups in total. The number of aromatic nitrogens is 2. The van der Waals surface area contributed by atoms with Crippen molar-refractivity contribution in [2.75, 3.05) is 0 Å². The molecule has 0 atom stereocenters. The molecule has 1 aromatic heterocycles. The zero-order chi connectivity index (χ0) is 10.4. The molecule has 0 saturated heterocycles. The molecule has 0 aromatic carbocycles. The highest BCUT2D eigenvalue weighted by molar-refractivity contribution is 5.03. The van der Waals surface area contributed by atoms with Crippen molar-refractivity contribution < 1.29 is 27.0 Å². The number of hydrogen-bond acceptors (Lipinski definition) is 4. The largest absolute Gasteiger partial charge is 0.503 e. The van der Waals surface area contributed by atoms with Gasteiger partial charge in [-0.15, -0.1) is 8.93 Å². The summed E-state index contributed by atoms with van der Waals surface area (Å²) in [6.45, 7) is 2.93. The van der Waals surface area contributed by atoms with E-state index >= 15 is 0 Å². The Morgan fingerprint density at radius 1 is 1.50 bits per heavy atom.